The highest BCUT2D eigenvalue weighted by molar-refractivity contribution is 6.10. The van der Waals surface area contributed by atoms with Crippen LogP contribution in [0.1, 0.15) is 21.5 Å². The molecule has 0 aromatic heterocycles. The van der Waals surface area contributed by atoms with Crippen LogP contribution in [0.3, 0.4) is 0 Å². The topological polar surface area (TPSA) is 99.4 Å². The number of hydrogen-bond donors (Lipinski definition) is 2. The number of carboxylic acids is 1. The Kier molecular flexibility index (Phi) is 6.76. The number of nitrogens with zero attached hydrogens (tertiary/aromatic N) is 1. The van der Waals surface area contributed by atoms with Gasteiger partial charge in [0.1, 0.15) is 29.8 Å². The Morgan fingerprint density at radius 1 is 1.06 bits per heavy atom. The van der Waals surface area contributed by atoms with Crippen molar-refractivity contribution >= 4 is 23.6 Å². The van der Waals surface area contributed by atoms with Crippen molar-refractivity contribution in [3.8, 4) is 11.8 Å². The fourth-order valence-corrected chi connectivity index (χ4v) is 2.70. The molecule has 0 aliphatic heterocycles. The SMILES string of the molecule is N#CC(=Cc1ccc(OCc2cccc(F)c2)cc1)C(=O)Nc1cccc(C(=O)O)c1. The molecule has 0 saturated heterocycles. The van der Waals surface area contributed by atoms with E-state index in [0.29, 0.717) is 16.9 Å². The number of halogens is 1. The minimum atomic E-state index is -1.12. The number of carbonyl (C=O) groups is 2. The van der Waals surface area contributed by atoms with Crippen LogP contribution in [0.5, 0.6) is 5.75 Å². The molecule has 0 unspecified atom stereocenters. The van der Waals surface area contributed by atoms with Crippen molar-refractivity contribution < 1.29 is 23.8 Å². The van der Waals surface area contributed by atoms with Crippen molar-refractivity contribution in [2.45, 2.75) is 6.61 Å². The molecular weight excluding hydrogens is 399 g/mol. The summed E-state index contributed by atoms with van der Waals surface area (Å²) in [7, 11) is 0. The molecule has 154 valence electrons. The molecule has 3 aromatic carbocycles. The van der Waals surface area contributed by atoms with Gasteiger partial charge in [-0.25, -0.2) is 9.18 Å². The molecule has 0 atom stereocenters. The second-order valence-electron chi connectivity index (χ2n) is 6.50. The molecule has 0 aliphatic carbocycles. The van der Waals surface area contributed by atoms with Crippen LogP contribution in [-0.4, -0.2) is 17.0 Å². The van der Waals surface area contributed by atoms with Gasteiger partial charge in [-0.05, 0) is 59.7 Å². The van der Waals surface area contributed by atoms with E-state index in [1.165, 1.54) is 42.5 Å². The lowest BCUT2D eigenvalue weighted by Crippen LogP contribution is -2.13. The predicted octanol–water partition coefficient (Wildman–Crippen LogP) is 4.65. The molecule has 7 heteroatoms. The van der Waals surface area contributed by atoms with Gasteiger partial charge in [0.2, 0.25) is 0 Å². The van der Waals surface area contributed by atoms with Gasteiger partial charge in [-0.2, -0.15) is 5.26 Å². The highest BCUT2D eigenvalue weighted by Crippen LogP contribution is 2.18. The average Bonchev–Trinajstić information content (AvgIpc) is 2.77. The van der Waals surface area contributed by atoms with Gasteiger partial charge in [-0.1, -0.05) is 30.3 Å². The summed E-state index contributed by atoms with van der Waals surface area (Å²) in [5.41, 5.74) is 1.44. The lowest BCUT2D eigenvalue weighted by molar-refractivity contribution is -0.112. The van der Waals surface area contributed by atoms with E-state index >= 15 is 0 Å². The van der Waals surface area contributed by atoms with Gasteiger partial charge in [-0.3, -0.25) is 4.79 Å². The average molecular weight is 416 g/mol. The zero-order valence-corrected chi connectivity index (χ0v) is 16.2. The number of benzene rings is 3. The summed E-state index contributed by atoms with van der Waals surface area (Å²) in [4.78, 5) is 23.4. The summed E-state index contributed by atoms with van der Waals surface area (Å²) >= 11 is 0. The molecule has 2 N–H and O–H groups in total. The second-order valence-corrected chi connectivity index (χ2v) is 6.50. The van der Waals surface area contributed by atoms with Crippen LogP contribution in [0.15, 0.2) is 78.4 Å². The van der Waals surface area contributed by atoms with Crippen LogP contribution in [0.4, 0.5) is 10.1 Å². The van der Waals surface area contributed by atoms with Crippen LogP contribution in [0.2, 0.25) is 0 Å². The number of hydrogen-bond acceptors (Lipinski definition) is 4. The molecule has 0 fully saturated rings. The number of nitrogens with one attached hydrogen (secondary N) is 1. The third-order valence-corrected chi connectivity index (χ3v) is 4.22. The Balaban J connectivity index is 1.66. The first-order valence-corrected chi connectivity index (χ1v) is 9.18. The molecule has 0 saturated carbocycles. The molecule has 0 radical (unpaired) electrons. The van der Waals surface area contributed by atoms with Crippen molar-refractivity contribution in [1.82, 2.24) is 0 Å². The van der Waals surface area contributed by atoms with Gasteiger partial charge < -0.3 is 15.2 Å². The molecule has 31 heavy (non-hydrogen) atoms. The Morgan fingerprint density at radius 3 is 2.48 bits per heavy atom. The first kappa shape index (κ1) is 21.3. The third kappa shape index (κ3) is 6.02. The zero-order chi connectivity index (χ0) is 22.2. The summed E-state index contributed by atoms with van der Waals surface area (Å²) in [6.07, 6.45) is 1.41. The van der Waals surface area contributed by atoms with E-state index in [9.17, 15) is 19.2 Å². The number of amides is 1. The number of rotatable bonds is 7. The normalized spacial score (nSPS) is 10.8. The molecule has 0 heterocycles. The maximum atomic E-state index is 13.2. The van der Waals surface area contributed by atoms with E-state index in [-0.39, 0.29) is 29.2 Å². The van der Waals surface area contributed by atoms with Gasteiger partial charge in [0.05, 0.1) is 5.56 Å². The molecule has 0 bridgehead atoms. The Morgan fingerprint density at radius 2 is 1.81 bits per heavy atom. The lowest BCUT2D eigenvalue weighted by atomic mass is 10.1. The third-order valence-electron chi connectivity index (χ3n) is 4.22. The minimum absolute atomic E-state index is 0.0223. The van der Waals surface area contributed by atoms with Crippen molar-refractivity contribution in [1.29, 1.82) is 5.26 Å². The van der Waals surface area contributed by atoms with Crippen LogP contribution < -0.4 is 10.1 Å². The van der Waals surface area contributed by atoms with E-state index < -0.39 is 11.9 Å². The second kappa shape index (κ2) is 9.85. The van der Waals surface area contributed by atoms with E-state index in [4.69, 9.17) is 9.84 Å². The van der Waals surface area contributed by atoms with Crippen LogP contribution >= 0.6 is 0 Å². The van der Waals surface area contributed by atoms with Crippen molar-refractivity contribution in [2.24, 2.45) is 0 Å². The van der Waals surface area contributed by atoms with E-state index in [1.54, 1.807) is 36.4 Å². The lowest BCUT2D eigenvalue weighted by Gasteiger charge is -2.07. The summed E-state index contributed by atoms with van der Waals surface area (Å²) in [5.74, 6) is -1.56. The fraction of sp³-hybridized carbons (Fsp3) is 0.0417. The molecule has 3 rings (SSSR count). The van der Waals surface area contributed by atoms with Crippen LogP contribution in [0.25, 0.3) is 6.08 Å². The highest BCUT2D eigenvalue weighted by Gasteiger charge is 2.11. The van der Waals surface area contributed by atoms with E-state index in [1.807, 2.05) is 6.07 Å². The van der Waals surface area contributed by atoms with Gasteiger partial charge in [0.15, 0.2) is 0 Å². The van der Waals surface area contributed by atoms with Crippen molar-refractivity contribution in [3.63, 3.8) is 0 Å². The molecule has 3 aromatic rings. The summed E-state index contributed by atoms with van der Waals surface area (Å²) < 4.78 is 18.8. The molecule has 6 nitrogen and oxygen atoms in total. The summed E-state index contributed by atoms with van der Waals surface area (Å²) in [6, 6.07) is 20.4. The van der Waals surface area contributed by atoms with Crippen molar-refractivity contribution in [2.75, 3.05) is 5.32 Å². The zero-order valence-electron chi connectivity index (χ0n) is 16.2. The molecular formula is C24H17FN2O4. The highest BCUT2D eigenvalue weighted by atomic mass is 19.1. The molecule has 0 aliphatic rings. The van der Waals surface area contributed by atoms with Gasteiger partial charge in [0.25, 0.3) is 5.91 Å². The van der Waals surface area contributed by atoms with E-state index in [2.05, 4.69) is 5.32 Å². The maximum absolute atomic E-state index is 13.2. The number of nitriles is 1. The Bertz CT molecular complexity index is 1180. The van der Waals surface area contributed by atoms with Crippen LogP contribution in [0, 0.1) is 17.1 Å². The quantitative estimate of drug-likeness (QED) is 0.431. The Hall–Kier alpha value is -4.44. The summed E-state index contributed by atoms with van der Waals surface area (Å²) in [5, 5.41) is 20.9. The van der Waals surface area contributed by atoms with Gasteiger partial charge >= 0.3 is 5.97 Å². The van der Waals surface area contributed by atoms with Crippen LogP contribution in [-0.2, 0) is 11.4 Å². The maximum Gasteiger partial charge on any atom is 0.335 e. The monoisotopic (exact) mass is 416 g/mol. The minimum Gasteiger partial charge on any atom is -0.489 e. The number of aromatic carboxylic acids is 1. The Labute approximate surface area is 177 Å². The smallest absolute Gasteiger partial charge is 0.335 e. The molecule has 1 amide bonds. The van der Waals surface area contributed by atoms with Crippen molar-refractivity contribution in [3.05, 3.63) is 101 Å². The molecule has 0 spiro atoms. The largest absolute Gasteiger partial charge is 0.489 e. The first-order valence-electron chi connectivity index (χ1n) is 9.18. The first-order chi connectivity index (χ1) is 14.9. The van der Waals surface area contributed by atoms with E-state index in [0.717, 1.165) is 0 Å². The standard InChI is InChI=1S/C24H17FN2O4/c25-20-5-1-3-17(12-20)15-31-22-9-7-16(8-10-22)11-19(14-26)23(28)27-21-6-2-4-18(13-21)24(29)30/h1-13H,15H2,(H,27,28)(H,29,30). The van der Waals surface area contributed by atoms with Gasteiger partial charge in [-0.15, -0.1) is 0 Å². The fourth-order valence-electron chi connectivity index (χ4n) is 2.70. The number of ether oxygens (including phenoxy) is 1. The summed E-state index contributed by atoms with van der Waals surface area (Å²) in [6.45, 7) is 0.203. The van der Waals surface area contributed by atoms with Gasteiger partial charge in [0, 0.05) is 5.69 Å². The predicted molar refractivity (Wildman–Crippen MR) is 113 cm³/mol. The number of carboxylic acid groups (broad SMARTS) is 1. The number of anilines is 1. The number of carbonyl (C=O) groups excluding carboxylic acids is 1.